The average Bonchev–Trinajstić information content (AvgIpc) is 3.16. The summed E-state index contributed by atoms with van der Waals surface area (Å²) < 4.78 is 5.18. The molecular formula is C16H11NO3S3. The first kappa shape index (κ1) is 15.9. The molecule has 0 unspecified atom stereocenters. The van der Waals surface area contributed by atoms with Gasteiger partial charge in [0.2, 0.25) is 0 Å². The highest BCUT2D eigenvalue weighted by Gasteiger charge is 2.35. The van der Waals surface area contributed by atoms with Crippen LogP contribution in [0, 0.1) is 0 Å². The molecule has 0 bridgehead atoms. The minimum atomic E-state index is -0.503. The first-order chi connectivity index (χ1) is 11.1. The number of para-hydroxylation sites is 1. The molecule has 2 aromatic rings. The molecule has 1 fully saturated rings. The quantitative estimate of drug-likeness (QED) is 0.471. The summed E-state index contributed by atoms with van der Waals surface area (Å²) in [7, 11) is 1.31. The highest BCUT2D eigenvalue weighted by atomic mass is 32.2. The van der Waals surface area contributed by atoms with Gasteiger partial charge in [-0.3, -0.25) is 9.69 Å². The van der Waals surface area contributed by atoms with Crippen LogP contribution in [-0.4, -0.2) is 23.3 Å². The smallest absolute Gasteiger partial charge is 0.339 e. The molecule has 0 spiro atoms. The molecule has 1 amide bonds. The number of ether oxygens (including phenoxy) is 1. The summed E-state index contributed by atoms with van der Waals surface area (Å²) in [6.07, 6.45) is 1.81. The average molecular weight is 361 g/mol. The predicted molar refractivity (Wildman–Crippen MR) is 97.8 cm³/mol. The fraction of sp³-hybridized carbons (Fsp3) is 0.0625. The van der Waals surface area contributed by atoms with Crippen LogP contribution in [0.4, 0.5) is 5.69 Å². The number of methoxy groups -OCH3 is 1. The van der Waals surface area contributed by atoms with E-state index in [2.05, 4.69) is 0 Å². The SMILES string of the molecule is COC(=O)c1ccccc1N1C(=O)/C(=C\c2cccs2)SC1=S. The molecule has 1 aliphatic rings. The molecule has 7 heteroatoms. The van der Waals surface area contributed by atoms with Gasteiger partial charge in [0.05, 0.1) is 23.3 Å². The van der Waals surface area contributed by atoms with E-state index in [1.165, 1.54) is 23.8 Å². The third-order valence-electron chi connectivity index (χ3n) is 3.16. The number of thiophene rings is 1. The van der Waals surface area contributed by atoms with Gasteiger partial charge < -0.3 is 4.74 Å². The molecule has 4 nitrogen and oxygen atoms in total. The molecule has 0 atom stereocenters. The number of carbonyl (C=O) groups excluding carboxylic acids is 2. The topological polar surface area (TPSA) is 46.6 Å². The minimum Gasteiger partial charge on any atom is -0.465 e. The van der Waals surface area contributed by atoms with Gasteiger partial charge in [0.1, 0.15) is 0 Å². The van der Waals surface area contributed by atoms with E-state index in [0.29, 0.717) is 20.5 Å². The summed E-state index contributed by atoms with van der Waals surface area (Å²) in [6, 6.07) is 10.6. The Balaban J connectivity index is 2.00. The molecular weight excluding hydrogens is 350 g/mol. The lowest BCUT2D eigenvalue weighted by molar-refractivity contribution is -0.113. The Bertz CT molecular complexity index is 812. The summed E-state index contributed by atoms with van der Waals surface area (Å²) in [6.45, 7) is 0. The first-order valence-electron chi connectivity index (χ1n) is 6.60. The van der Waals surface area contributed by atoms with Gasteiger partial charge in [-0.25, -0.2) is 4.79 Å². The lowest BCUT2D eigenvalue weighted by Gasteiger charge is -2.17. The van der Waals surface area contributed by atoms with Gasteiger partial charge in [-0.05, 0) is 29.7 Å². The number of thioether (sulfide) groups is 1. The largest absolute Gasteiger partial charge is 0.465 e. The lowest BCUT2D eigenvalue weighted by atomic mass is 10.1. The second kappa shape index (κ2) is 6.66. The highest BCUT2D eigenvalue weighted by Crippen LogP contribution is 2.37. The van der Waals surface area contributed by atoms with Crippen molar-refractivity contribution in [3.8, 4) is 0 Å². The molecule has 1 aromatic heterocycles. The molecule has 1 saturated heterocycles. The number of benzene rings is 1. The molecule has 1 aliphatic heterocycles. The van der Waals surface area contributed by atoms with Crippen LogP contribution < -0.4 is 4.90 Å². The first-order valence-corrected chi connectivity index (χ1v) is 8.71. The lowest BCUT2D eigenvalue weighted by Crippen LogP contribution is -2.29. The predicted octanol–water partition coefficient (Wildman–Crippen LogP) is 3.94. The maximum Gasteiger partial charge on any atom is 0.339 e. The molecule has 116 valence electrons. The number of anilines is 1. The van der Waals surface area contributed by atoms with Crippen LogP contribution in [0.2, 0.25) is 0 Å². The van der Waals surface area contributed by atoms with Crippen LogP contribution in [0.5, 0.6) is 0 Å². The normalized spacial score (nSPS) is 16.2. The number of hydrogen-bond donors (Lipinski definition) is 0. The molecule has 0 radical (unpaired) electrons. The number of esters is 1. The van der Waals surface area contributed by atoms with Crippen molar-refractivity contribution in [2.75, 3.05) is 12.0 Å². The highest BCUT2D eigenvalue weighted by molar-refractivity contribution is 8.27. The number of nitrogens with zero attached hydrogens (tertiary/aromatic N) is 1. The fourth-order valence-corrected chi connectivity index (χ4v) is 4.14. The van der Waals surface area contributed by atoms with Crippen molar-refractivity contribution in [1.29, 1.82) is 0 Å². The van der Waals surface area contributed by atoms with Gasteiger partial charge in [0.25, 0.3) is 5.91 Å². The molecule has 0 saturated carbocycles. The fourth-order valence-electron chi connectivity index (χ4n) is 2.13. The Morgan fingerprint density at radius 3 is 2.74 bits per heavy atom. The molecule has 1 aromatic carbocycles. The summed E-state index contributed by atoms with van der Waals surface area (Å²) in [5.41, 5.74) is 0.750. The van der Waals surface area contributed by atoms with Crippen molar-refractivity contribution in [2.24, 2.45) is 0 Å². The second-order valence-electron chi connectivity index (χ2n) is 4.54. The van der Waals surface area contributed by atoms with Crippen LogP contribution in [0.15, 0.2) is 46.7 Å². The van der Waals surface area contributed by atoms with E-state index in [1.807, 2.05) is 23.6 Å². The van der Waals surface area contributed by atoms with Gasteiger partial charge in [0.15, 0.2) is 4.32 Å². The molecule has 0 N–H and O–H groups in total. The standard InChI is InChI=1S/C16H11NO3S3/c1-20-15(19)11-6-2-3-7-12(11)17-14(18)13(23-16(17)21)9-10-5-4-8-22-10/h2-9H,1H3/b13-9+. The van der Waals surface area contributed by atoms with E-state index in [0.717, 1.165) is 4.88 Å². The van der Waals surface area contributed by atoms with Crippen molar-refractivity contribution < 1.29 is 14.3 Å². The van der Waals surface area contributed by atoms with Crippen LogP contribution in [0.3, 0.4) is 0 Å². The number of amides is 1. The third kappa shape index (κ3) is 3.08. The Labute approximate surface area is 146 Å². The Hall–Kier alpha value is -1.96. The summed E-state index contributed by atoms with van der Waals surface area (Å²) in [5, 5.41) is 1.94. The Morgan fingerprint density at radius 1 is 1.26 bits per heavy atom. The van der Waals surface area contributed by atoms with E-state index in [9.17, 15) is 9.59 Å². The zero-order valence-corrected chi connectivity index (χ0v) is 14.5. The van der Waals surface area contributed by atoms with Crippen LogP contribution >= 0.6 is 35.3 Å². The Morgan fingerprint density at radius 2 is 2.04 bits per heavy atom. The number of rotatable bonds is 3. The summed E-state index contributed by atoms with van der Waals surface area (Å²) in [4.78, 5) is 27.5. The second-order valence-corrected chi connectivity index (χ2v) is 7.20. The van der Waals surface area contributed by atoms with Gasteiger partial charge >= 0.3 is 5.97 Å². The van der Waals surface area contributed by atoms with Crippen molar-refractivity contribution >= 4 is 63.3 Å². The van der Waals surface area contributed by atoms with Gasteiger partial charge in [-0.2, -0.15) is 0 Å². The maximum atomic E-state index is 12.7. The van der Waals surface area contributed by atoms with E-state index in [-0.39, 0.29) is 5.91 Å². The summed E-state index contributed by atoms with van der Waals surface area (Å²) >= 11 is 8.10. The minimum absolute atomic E-state index is 0.232. The number of carbonyl (C=O) groups is 2. The van der Waals surface area contributed by atoms with E-state index >= 15 is 0 Å². The molecule has 23 heavy (non-hydrogen) atoms. The monoisotopic (exact) mass is 361 g/mol. The zero-order chi connectivity index (χ0) is 16.4. The van der Waals surface area contributed by atoms with Crippen molar-refractivity contribution in [1.82, 2.24) is 0 Å². The summed E-state index contributed by atoms with van der Waals surface area (Å²) in [5.74, 6) is -0.735. The maximum absolute atomic E-state index is 12.7. The molecule has 0 aliphatic carbocycles. The van der Waals surface area contributed by atoms with Gasteiger partial charge in [-0.15, -0.1) is 11.3 Å². The van der Waals surface area contributed by atoms with Crippen LogP contribution in [-0.2, 0) is 9.53 Å². The third-order valence-corrected chi connectivity index (χ3v) is 5.28. The van der Waals surface area contributed by atoms with Crippen molar-refractivity contribution in [2.45, 2.75) is 0 Å². The van der Waals surface area contributed by atoms with Gasteiger partial charge in [0, 0.05) is 4.88 Å². The van der Waals surface area contributed by atoms with E-state index in [4.69, 9.17) is 17.0 Å². The van der Waals surface area contributed by atoms with Crippen molar-refractivity contribution in [3.05, 3.63) is 57.1 Å². The Kier molecular flexibility index (Phi) is 4.61. The number of hydrogen-bond acceptors (Lipinski definition) is 6. The van der Waals surface area contributed by atoms with Crippen LogP contribution in [0.1, 0.15) is 15.2 Å². The van der Waals surface area contributed by atoms with E-state index < -0.39 is 5.97 Å². The van der Waals surface area contributed by atoms with Gasteiger partial charge in [-0.1, -0.05) is 42.2 Å². The molecule has 3 rings (SSSR count). The zero-order valence-electron chi connectivity index (χ0n) is 12.0. The number of thiocarbonyl (C=S) groups is 1. The van der Waals surface area contributed by atoms with Crippen molar-refractivity contribution in [3.63, 3.8) is 0 Å². The molecule has 2 heterocycles. The van der Waals surface area contributed by atoms with E-state index in [1.54, 1.807) is 35.6 Å². The van der Waals surface area contributed by atoms with Crippen LogP contribution in [0.25, 0.3) is 6.08 Å².